The predicted octanol–water partition coefficient (Wildman–Crippen LogP) is 3.58. The van der Waals surface area contributed by atoms with E-state index in [-0.39, 0.29) is 11.6 Å². The van der Waals surface area contributed by atoms with Crippen LogP contribution in [0.15, 0.2) is 46.9 Å². The van der Waals surface area contributed by atoms with Gasteiger partial charge < -0.3 is 10.4 Å². The summed E-state index contributed by atoms with van der Waals surface area (Å²) in [5.41, 5.74) is 1.69. The first-order valence-electron chi connectivity index (χ1n) is 5.58. The van der Waals surface area contributed by atoms with E-state index in [1.165, 1.54) is 12.1 Å². The summed E-state index contributed by atoms with van der Waals surface area (Å²) in [6.45, 7) is 1.09. The van der Waals surface area contributed by atoms with Crippen LogP contribution in [-0.2, 0) is 13.1 Å². The molecule has 18 heavy (non-hydrogen) atoms. The summed E-state index contributed by atoms with van der Waals surface area (Å²) in [5.74, 6) is 0.00356. The molecule has 2 rings (SSSR count). The minimum Gasteiger partial charge on any atom is -0.506 e. The second-order valence-corrected chi connectivity index (χ2v) is 4.84. The number of nitrogens with one attached hydrogen (secondary N) is 1. The van der Waals surface area contributed by atoms with Gasteiger partial charge in [0.15, 0.2) is 0 Å². The summed E-state index contributed by atoms with van der Waals surface area (Å²) in [4.78, 5) is 0. The number of rotatable bonds is 4. The van der Waals surface area contributed by atoms with Crippen molar-refractivity contribution in [2.75, 3.05) is 0 Å². The summed E-state index contributed by atoms with van der Waals surface area (Å²) >= 11 is 3.27. The van der Waals surface area contributed by atoms with E-state index in [0.29, 0.717) is 17.6 Å². The number of aromatic hydroxyl groups is 1. The third-order valence-electron chi connectivity index (χ3n) is 2.60. The zero-order valence-electron chi connectivity index (χ0n) is 9.66. The molecule has 4 heteroatoms. The number of phenolic OH excluding ortho intramolecular Hbond substituents is 1. The van der Waals surface area contributed by atoms with Gasteiger partial charge in [-0.2, -0.15) is 0 Å². The Morgan fingerprint density at radius 2 is 1.89 bits per heavy atom. The molecule has 2 nitrogen and oxygen atoms in total. The molecule has 0 saturated heterocycles. The molecule has 0 radical (unpaired) electrons. The van der Waals surface area contributed by atoms with Crippen molar-refractivity contribution in [3.05, 3.63) is 63.9 Å². The average molecular weight is 310 g/mol. The Labute approximate surface area is 114 Å². The van der Waals surface area contributed by atoms with E-state index in [9.17, 15) is 9.50 Å². The Bertz CT molecular complexity index is 545. The number of hydrogen-bond acceptors (Lipinski definition) is 2. The smallest absolute Gasteiger partial charge is 0.134 e. The lowest BCUT2D eigenvalue weighted by atomic mass is 10.2. The van der Waals surface area contributed by atoms with Crippen molar-refractivity contribution in [1.82, 2.24) is 5.32 Å². The second kappa shape index (κ2) is 5.98. The lowest BCUT2D eigenvalue weighted by Gasteiger charge is -2.08. The number of halogens is 2. The maximum atomic E-state index is 13.0. The molecule has 0 atom stereocenters. The largest absolute Gasteiger partial charge is 0.506 e. The lowest BCUT2D eigenvalue weighted by Crippen LogP contribution is -2.12. The topological polar surface area (TPSA) is 32.3 Å². The molecule has 0 aliphatic rings. The SMILES string of the molecule is Oc1c(Br)cccc1CNCc1cccc(F)c1. The molecular formula is C14H13BrFNO. The maximum absolute atomic E-state index is 13.0. The Morgan fingerprint density at radius 1 is 1.11 bits per heavy atom. The molecule has 0 aliphatic heterocycles. The standard InChI is InChI=1S/C14H13BrFNO/c15-13-6-2-4-11(14(13)18)9-17-8-10-3-1-5-12(16)7-10/h1-7,17-18H,8-9H2. The zero-order valence-corrected chi connectivity index (χ0v) is 11.2. The molecule has 0 fully saturated rings. The van der Waals surface area contributed by atoms with Crippen molar-refractivity contribution in [2.24, 2.45) is 0 Å². The molecule has 0 spiro atoms. The van der Waals surface area contributed by atoms with Crippen LogP contribution in [0.1, 0.15) is 11.1 Å². The molecule has 0 amide bonds. The monoisotopic (exact) mass is 309 g/mol. The first-order valence-corrected chi connectivity index (χ1v) is 6.37. The third-order valence-corrected chi connectivity index (χ3v) is 3.24. The molecule has 0 bridgehead atoms. The number of hydrogen-bond donors (Lipinski definition) is 2. The van der Waals surface area contributed by atoms with Crippen molar-refractivity contribution < 1.29 is 9.50 Å². The Balaban J connectivity index is 1.94. The van der Waals surface area contributed by atoms with Crippen molar-refractivity contribution >= 4 is 15.9 Å². The molecular weight excluding hydrogens is 297 g/mol. The van der Waals surface area contributed by atoms with Crippen molar-refractivity contribution in [2.45, 2.75) is 13.1 Å². The fraction of sp³-hybridized carbons (Fsp3) is 0.143. The van der Waals surface area contributed by atoms with E-state index in [1.54, 1.807) is 12.1 Å². The van der Waals surface area contributed by atoms with Crippen LogP contribution in [0.5, 0.6) is 5.75 Å². The normalized spacial score (nSPS) is 10.6. The van der Waals surface area contributed by atoms with Crippen LogP contribution >= 0.6 is 15.9 Å². The summed E-state index contributed by atoms with van der Waals surface area (Å²) in [6, 6.07) is 11.9. The van der Waals surface area contributed by atoms with Crippen molar-refractivity contribution in [3.63, 3.8) is 0 Å². The minimum absolute atomic E-state index is 0.236. The Kier molecular flexibility index (Phi) is 4.33. The maximum Gasteiger partial charge on any atom is 0.134 e. The molecule has 0 aromatic heterocycles. The van der Waals surface area contributed by atoms with Crippen LogP contribution < -0.4 is 5.32 Å². The molecule has 0 heterocycles. The molecule has 94 valence electrons. The van der Waals surface area contributed by atoms with Crippen LogP contribution in [0, 0.1) is 5.82 Å². The van der Waals surface area contributed by atoms with Gasteiger partial charge in [-0.25, -0.2) is 4.39 Å². The van der Waals surface area contributed by atoms with Crippen molar-refractivity contribution in [3.8, 4) is 5.75 Å². The third kappa shape index (κ3) is 3.31. The van der Waals surface area contributed by atoms with Gasteiger partial charge in [-0.05, 0) is 39.7 Å². The van der Waals surface area contributed by atoms with Crippen LogP contribution in [0.4, 0.5) is 4.39 Å². The fourth-order valence-electron chi connectivity index (χ4n) is 1.69. The van der Waals surface area contributed by atoms with Gasteiger partial charge >= 0.3 is 0 Å². The number of phenols is 1. The van der Waals surface area contributed by atoms with Gasteiger partial charge in [0.05, 0.1) is 4.47 Å². The van der Waals surface area contributed by atoms with E-state index in [2.05, 4.69) is 21.2 Å². The fourth-order valence-corrected chi connectivity index (χ4v) is 2.10. The summed E-state index contributed by atoms with van der Waals surface area (Å²) in [5, 5.41) is 13.0. The molecule has 2 N–H and O–H groups in total. The molecule has 0 unspecified atom stereocenters. The second-order valence-electron chi connectivity index (χ2n) is 3.98. The van der Waals surface area contributed by atoms with Gasteiger partial charge in [0, 0.05) is 18.7 Å². The summed E-state index contributed by atoms with van der Waals surface area (Å²) < 4.78 is 13.6. The first kappa shape index (κ1) is 13.1. The number of para-hydroxylation sites is 1. The summed E-state index contributed by atoms with van der Waals surface area (Å²) in [6.07, 6.45) is 0. The van der Waals surface area contributed by atoms with Gasteiger partial charge in [-0.15, -0.1) is 0 Å². The van der Waals surface area contributed by atoms with Gasteiger partial charge in [0.25, 0.3) is 0 Å². The van der Waals surface area contributed by atoms with Crippen LogP contribution in [0.2, 0.25) is 0 Å². The number of benzene rings is 2. The Morgan fingerprint density at radius 3 is 2.67 bits per heavy atom. The van der Waals surface area contributed by atoms with Crippen LogP contribution in [-0.4, -0.2) is 5.11 Å². The van der Waals surface area contributed by atoms with E-state index in [1.807, 2.05) is 18.2 Å². The predicted molar refractivity (Wildman–Crippen MR) is 72.8 cm³/mol. The summed E-state index contributed by atoms with van der Waals surface area (Å²) in [7, 11) is 0. The van der Waals surface area contributed by atoms with Gasteiger partial charge in [0.1, 0.15) is 11.6 Å². The van der Waals surface area contributed by atoms with E-state index in [0.717, 1.165) is 11.1 Å². The van der Waals surface area contributed by atoms with Gasteiger partial charge in [-0.1, -0.05) is 24.3 Å². The average Bonchev–Trinajstić information content (AvgIpc) is 2.35. The quantitative estimate of drug-likeness (QED) is 0.904. The minimum atomic E-state index is -0.236. The van der Waals surface area contributed by atoms with Crippen molar-refractivity contribution in [1.29, 1.82) is 0 Å². The highest BCUT2D eigenvalue weighted by molar-refractivity contribution is 9.10. The lowest BCUT2D eigenvalue weighted by molar-refractivity contribution is 0.461. The Hall–Kier alpha value is -1.39. The van der Waals surface area contributed by atoms with E-state index in [4.69, 9.17) is 0 Å². The molecule has 2 aromatic carbocycles. The highest BCUT2D eigenvalue weighted by atomic mass is 79.9. The molecule has 0 saturated carbocycles. The highest BCUT2D eigenvalue weighted by Crippen LogP contribution is 2.27. The van der Waals surface area contributed by atoms with Gasteiger partial charge in [0.2, 0.25) is 0 Å². The van der Waals surface area contributed by atoms with E-state index >= 15 is 0 Å². The van der Waals surface area contributed by atoms with Crippen LogP contribution in [0.3, 0.4) is 0 Å². The molecule has 0 aliphatic carbocycles. The van der Waals surface area contributed by atoms with Crippen LogP contribution in [0.25, 0.3) is 0 Å². The zero-order chi connectivity index (χ0) is 13.0. The molecule has 2 aromatic rings. The van der Waals surface area contributed by atoms with E-state index < -0.39 is 0 Å². The first-order chi connectivity index (χ1) is 8.66. The highest BCUT2D eigenvalue weighted by Gasteiger charge is 2.04. The van der Waals surface area contributed by atoms with Gasteiger partial charge in [-0.3, -0.25) is 0 Å².